The van der Waals surface area contributed by atoms with E-state index in [2.05, 4.69) is 21.2 Å². The molecule has 0 unspecified atom stereocenters. The van der Waals surface area contributed by atoms with Crippen LogP contribution in [0.25, 0.3) is 0 Å². The third-order valence-corrected chi connectivity index (χ3v) is 4.01. The topological polar surface area (TPSA) is 47.6 Å². The molecule has 0 saturated heterocycles. The molecule has 5 heteroatoms. The minimum absolute atomic E-state index is 0.290. The summed E-state index contributed by atoms with van der Waals surface area (Å²) in [5, 5.41) is 2.98. The van der Waals surface area contributed by atoms with Gasteiger partial charge in [-0.15, -0.1) is 0 Å². The molecule has 23 heavy (non-hydrogen) atoms. The maximum absolute atomic E-state index is 11.8. The smallest absolute Gasteiger partial charge is 0.323 e. The Bertz CT molecular complexity index is 646. The van der Waals surface area contributed by atoms with Gasteiger partial charge < -0.3 is 14.8 Å². The number of ether oxygens (including phenoxy) is 2. The third-order valence-electron chi connectivity index (χ3n) is 3.52. The van der Waals surface area contributed by atoms with Gasteiger partial charge in [0.05, 0.1) is 7.11 Å². The van der Waals surface area contributed by atoms with Gasteiger partial charge in [-0.05, 0) is 36.4 Å². The Hall–Kier alpha value is -1.85. The maximum atomic E-state index is 11.8. The zero-order chi connectivity index (χ0) is 16.7. The van der Waals surface area contributed by atoms with Crippen LogP contribution in [0.15, 0.2) is 53.0 Å². The summed E-state index contributed by atoms with van der Waals surface area (Å²) in [6.45, 7) is 0.484. The summed E-state index contributed by atoms with van der Waals surface area (Å²) in [6.07, 6.45) is 0.493. The van der Waals surface area contributed by atoms with Gasteiger partial charge in [-0.1, -0.05) is 46.3 Å². The molecule has 0 bridgehead atoms. The lowest BCUT2D eigenvalue weighted by Crippen LogP contribution is -2.37. The molecular formula is C18H20BrNO3. The zero-order valence-electron chi connectivity index (χ0n) is 13.2. The van der Waals surface area contributed by atoms with Gasteiger partial charge in [-0.25, -0.2) is 0 Å². The number of likely N-dealkylation sites (N-methyl/N-ethyl adjacent to an activating group) is 1. The highest BCUT2D eigenvalue weighted by Gasteiger charge is 2.19. The number of benzene rings is 2. The van der Waals surface area contributed by atoms with Gasteiger partial charge in [0.15, 0.2) is 0 Å². The lowest BCUT2D eigenvalue weighted by Gasteiger charge is -2.17. The number of carbonyl (C=O) groups is 1. The van der Waals surface area contributed by atoms with E-state index >= 15 is 0 Å². The van der Waals surface area contributed by atoms with Gasteiger partial charge >= 0.3 is 5.97 Å². The van der Waals surface area contributed by atoms with Gasteiger partial charge in [-0.3, -0.25) is 4.79 Å². The maximum Gasteiger partial charge on any atom is 0.323 e. The van der Waals surface area contributed by atoms with E-state index in [0.29, 0.717) is 13.0 Å². The van der Waals surface area contributed by atoms with Crippen LogP contribution in [0.4, 0.5) is 0 Å². The van der Waals surface area contributed by atoms with Crippen LogP contribution in [-0.4, -0.2) is 26.2 Å². The highest BCUT2D eigenvalue weighted by molar-refractivity contribution is 9.10. The Morgan fingerprint density at radius 3 is 2.61 bits per heavy atom. The number of esters is 1. The van der Waals surface area contributed by atoms with E-state index in [1.54, 1.807) is 7.05 Å². The third kappa shape index (κ3) is 5.08. The quantitative estimate of drug-likeness (QED) is 0.751. The lowest BCUT2D eigenvalue weighted by molar-refractivity contribution is -0.142. The van der Waals surface area contributed by atoms with Gasteiger partial charge in [-0.2, -0.15) is 0 Å². The summed E-state index contributed by atoms with van der Waals surface area (Å²) in [7, 11) is 3.13. The molecule has 0 heterocycles. The second-order valence-electron chi connectivity index (χ2n) is 5.09. The summed E-state index contributed by atoms with van der Waals surface area (Å²) in [4.78, 5) is 11.8. The van der Waals surface area contributed by atoms with Crippen molar-refractivity contribution < 1.29 is 14.3 Å². The molecule has 0 aliphatic heterocycles. The van der Waals surface area contributed by atoms with Gasteiger partial charge in [0.1, 0.15) is 18.4 Å². The Balaban J connectivity index is 2.14. The fourth-order valence-corrected chi connectivity index (χ4v) is 2.66. The predicted molar refractivity (Wildman–Crippen MR) is 93.5 cm³/mol. The Kier molecular flexibility index (Phi) is 6.62. The largest absolute Gasteiger partial charge is 0.489 e. The standard InChI is InChI=1S/C18H20BrNO3/c1-20-16(18(21)22-2)11-14-10-15(19)8-9-17(14)23-12-13-6-4-3-5-7-13/h3-10,16,20H,11-12H2,1-2H3/t16-/m0/s1. The Labute approximate surface area is 144 Å². The van der Waals surface area contributed by atoms with Gasteiger partial charge in [0, 0.05) is 10.9 Å². The minimum Gasteiger partial charge on any atom is -0.489 e. The van der Waals surface area contributed by atoms with Crippen molar-refractivity contribution in [2.24, 2.45) is 0 Å². The van der Waals surface area contributed by atoms with E-state index < -0.39 is 6.04 Å². The summed E-state index contributed by atoms with van der Waals surface area (Å²) in [5.74, 6) is 0.475. The average molecular weight is 378 g/mol. The molecule has 2 aromatic carbocycles. The number of halogens is 1. The van der Waals surface area contributed by atoms with Crippen molar-refractivity contribution in [3.63, 3.8) is 0 Å². The highest BCUT2D eigenvalue weighted by atomic mass is 79.9. The summed E-state index contributed by atoms with van der Waals surface area (Å²) >= 11 is 3.47. The van der Waals surface area contributed by atoms with Crippen molar-refractivity contribution in [3.05, 3.63) is 64.1 Å². The molecule has 0 amide bonds. The molecule has 0 saturated carbocycles. The molecule has 0 spiro atoms. The van der Waals surface area contributed by atoms with Crippen LogP contribution in [0.2, 0.25) is 0 Å². The molecule has 0 aliphatic rings. The Morgan fingerprint density at radius 2 is 1.96 bits per heavy atom. The summed E-state index contributed by atoms with van der Waals surface area (Å²) in [5.41, 5.74) is 2.04. The first-order valence-corrected chi connectivity index (χ1v) is 8.13. The van der Waals surface area contributed by atoms with E-state index in [9.17, 15) is 4.79 Å². The second-order valence-corrected chi connectivity index (χ2v) is 6.01. The second kappa shape index (κ2) is 8.70. The van der Waals surface area contributed by atoms with Crippen molar-refractivity contribution in [3.8, 4) is 5.75 Å². The van der Waals surface area contributed by atoms with Crippen molar-refractivity contribution in [1.82, 2.24) is 5.32 Å². The van der Waals surface area contributed by atoms with Crippen LogP contribution in [0.5, 0.6) is 5.75 Å². The van der Waals surface area contributed by atoms with E-state index in [0.717, 1.165) is 21.3 Å². The fourth-order valence-electron chi connectivity index (χ4n) is 2.25. The number of nitrogens with one attached hydrogen (secondary N) is 1. The first-order chi connectivity index (χ1) is 11.1. The van der Waals surface area contributed by atoms with E-state index in [-0.39, 0.29) is 5.97 Å². The average Bonchev–Trinajstić information content (AvgIpc) is 2.59. The molecule has 0 aliphatic carbocycles. The predicted octanol–water partition coefficient (Wildman–Crippen LogP) is 3.33. The first-order valence-electron chi connectivity index (χ1n) is 7.34. The minimum atomic E-state index is -0.409. The van der Waals surface area contributed by atoms with Crippen molar-refractivity contribution in [2.45, 2.75) is 19.1 Å². The molecule has 122 valence electrons. The molecular weight excluding hydrogens is 358 g/mol. The van der Waals surface area contributed by atoms with E-state index in [4.69, 9.17) is 9.47 Å². The van der Waals surface area contributed by atoms with E-state index in [1.165, 1.54) is 7.11 Å². The number of hydrogen-bond donors (Lipinski definition) is 1. The summed E-state index contributed by atoms with van der Waals surface area (Å²) in [6, 6.07) is 15.4. The van der Waals surface area contributed by atoms with Gasteiger partial charge in [0.25, 0.3) is 0 Å². The van der Waals surface area contributed by atoms with Crippen LogP contribution < -0.4 is 10.1 Å². The molecule has 4 nitrogen and oxygen atoms in total. The van der Waals surface area contributed by atoms with Gasteiger partial charge in [0.2, 0.25) is 0 Å². The first kappa shape index (κ1) is 17.5. The molecule has 0 radical (unpaired) electrons. The molecule has 0 fully saturated rings. The van der Waals surface area contributed by atoms with Crippen LogP contribution in [-0.2, 0) is 22.6 Å². The fraction of sp³-hybridized carbons (Fsp3) is 0.278. The molecule has 0 aromatic heterocycles. The summed E-state index contributed by atoms with van der Waals surface area (Å²) < 4.78 is 11.7. The number of carbonyl (C=O) groups excluding carboxylic acids is 1. The molecule has 1 atom stereocenters. The van der Waals surface area contributed by atoms with Crippen LogP contribution in [0.1, 0.15) is 11.1 Å². The van der Waals surface area contributed by atoms with Crippen molar-refractivity contribution in [1.29, 1.82) is 0 Å². The number of hydrogen-bond acceptors (Lipinski definition) is 4. The molecule has 2 aromatic rings. The van der Waals surface area contributed by atoms with Crippen LogP contribution >= 0.6 is 15.9 Å². The SMILES string of the molecule is CN[C@@H](Cc1cc(Br)ccc1OCc1ccccc1)C(=O)OC. The number of methoxy groups -OCH3 is 1. The lowest BCUT2D eigenvalue weighted by atomic mass is 10.0. The molecule has 2 rings (SSSR count). The number of rotatable bonds is 7. The normalized spacial score (nSPS) is 11.8. The van der Waals surface area contributed by atoms with Crippen LogP contribution in [0, 0.1) is 0 Å². The monoisotopic (exact) mass is 377 g/mol. The van der Waals surface area contributed by atoms with E-state index in [1.807, 2.05) is 48.5 Å². The Morgan fingerprint density at radius 1 is 1.22 bits per heavy atom. The molecule has 1 N–H and O–H groups in total. The van der Waals surface area contributed by atoms with Crippen molar-refractivity contribution >= 4 is 21.9 Å². The van der Waals surface area contributed by atoms with Crippen LogP contribution in [0.3, 0.4) is 0 Å². The highest BCUT2D eigenvalue weighted by Crippen LogP contribution is 2.25. The van der Waals surface area contributed by atoms with Crippen molar-refractivity contribution in [2.75, 3.05) is 14.2 Å². The zero-order valence-corrected chi connectivity index (χ0v) is 14.8.